The van der Waals surface area contributed by atoms with Crippen LogP contribution in [-0.2, 0) is 16.3 Å². The number of aliphatic hydroxyl groups is 1. The van der Waals surface area contributed by atoms with Crippen molar-refractivity contribution in [2.45, 2.75) is 51.8 Å². The molecular weight excluding hydrogens is 286 g/mol. The van der Waals surface area contributed by atoms with Crippen LogP contribution in [0.25, 0.3) is 0 Å². The second-order valence-corrected chi connectivity index (χ2v) is 12.0. The average molecular weight is 313 g/mol. The molecule has 0 saturated heterocycles. The van der Waals surface area contributed by atoms with E-state index in [4.69, 9.17) is 9.84 Å². The summed E-state index contributed by atoms with van der Waals surface area (Å²) in [5.74, 6) is -0.211. The van der Waals surface area contributed by atoms with Crippen molar-refractivity contribution in [3.63, 3.8) is 0 Å². The number of ketones is 1. The van der Waals surface area contributed by atoms with Gasteiger partial charge < -0.3 is 15.2 Å². The van der Waals surface area contributed by atoms with Gasteiger partial charge in [0.1, 0.15) is 13.3 Å². The first-order chi connectivity index (χ1) is 9.85. The van der Waals surface area contributed by atoms with E-state index in [2.05, 4.69) is 30.1 Å². The number of hydrogen-bond acceptors (Lipinski definition) is 5. The smallest absolute Gasteiger partial charge is 0.180 e. The minimum Gasteiger partial charge on any atom is -0.389 e. The van der Waals surface area contributed by atoms with Gasteiger partial charge in [0.15, 0.2) is 5.78 Å². The summed E-state index contributed by atoms with van der Waals surface area (Å²) >= 11 is 0. The van der Waals surface area contributed by atoms with E-state index in [-0.39, 0.29) is 11.8 Å². The molecule has 0 amide bonds. The molecule has 1 aromatic rings. The molecule has 1 atom stereocenters. The Balaban J connectivity index is 2.40. The van der Waals surface area contributed by atoms with E-state index < -0.39 is 14.7 Å². The Labute approximate surface area is 127 Å². The van der Waals surface area contributed by atoms with Crippen molar-refractivity contribution in [3.05, 3.63) is 12.4 Å². The normalized spacial score (nSPS) is 13.2. The predicted octanol–water partition coefficient (Wildman–Crippen LogP) is 1.95. The van der Waals surface area contributed by atoms with E-state index in [0.29, 0.717) is 13.2 Å². The quantitative estimate of drug-likeness (QED) is 0.510. The zero-order valence-corrected chi connectivity index (χ0v) is 14.4. The fraction of sp³-hybridized carbons (Fsp3) is 0.714. The molecule has 0 fully saturated rings. The Morgan fingerprint density at radius 1 is 1.52 bits per heavy atom. The van der Waals surface area contributed by atoms with E-state index in [9.17, 15) is 4.79 Å². The largest absolute Gasteiger partial charge is 0.389 e. The minimum atomic E-state index is -1.06. The number of carbonyl (C=O) groups is 1. The van der Waals surface area contributed by atoms with E-state index in [1.165, 1.54) is 0 Å². The van der Waals surface area contributed by atoms with Crippen molar-refractivity contribution in [1.82, 2.24) is 9.78 Å². The van der Waals surface area contributed by atoms with Gasteiger partial charge in [-0.25, -0.2) is 4.68 Å². The topological polar surface area (TPSA) is 76.4 Å². The van der Waals surface area contributed by atoms with E-state index >= 15 is 0 Å². The van der Waals surface area contributed by atoms with Gasteiger partial charge in [0.25, 0.3) is 0 Å². The molecule has 1 heterocycles. The molecule has 0 aromatic carbocycles. The molecule has 1 rings (SSSR count). The van der Waals surface area contributed by atoms with Crippen LogP contribution >= 0.6 is 0 Å². The van der Waals surface area contributed by atoms with Crippen LogP contribution in [0.5, 0.6) is 0 Å². The average Bonchev–Trinajstić information content (AvgIpc) is 2.86. The molecule has 0 bridgehead atoms. The second kappa shape index (κ2) is 8.31. The summed E-state index contributed by atoms with van der Waals surface area (Å²) in [7, 11) is -1.06. The number of nitrogens with zero attached hydrogens (tertiary/aromatic N) is 2. The Morgan fingerprint density at radius 3 is 2.81 bits per heavy atom. The fourth-order valence-electron chi connectivity index (χ4n) is 1.77. The third kappa shape index (κ3) is 6.88. The van der Waals surface area contributed by atoms with Crippen LogP contribution in [-0.4, -0.2) is 48.0 Å². The molecule has 0 aliphatic heterocycles. The highest BCUT2D eigenvalue weighted by atomic mass is 28.3. The molecule has 2 N–H and O–H groups in total. The van der Waals surface area contributed by atoms with Crippen molar-refractivity contribution in [1.29, 1.82) is 0 Å². The van der Waals surface area contributed by atoms with E-state index in [1.54, 1.807) is 10.9 Å². The summed E-state index contributed by atoms with van der Waals surface area (Å²) in [5.41, 5.74) is 0.762. The summed E-state index contributed by atoms with van der Waals surface area (Å²) in [4.78, 5) is 11.5. The molecule has 0 aliphatic rings. The maximum Gasteiger partial charge on any atom is 0.180 e. The van der Waals surface area contributed by atoms with Gasteiger partial charge in [-0.3, -0.25) is 4.79 Å². The maximum atomic E-state index is 11.5. The maximum absolute atomic E-state index is 11.5. The SMILES string of the molecule is CCC(Nc1cnn(COCC[Si](C)(C)C)c1)C(=O)CO. The van der Waals surface area contributed by atoms with Gasteiger partial charge in [0.2, 0.25) is 0 Å². The standard InChI is InChI=1S/C14H27N3O3Si/c1-5-13(14(19)10-18)16-12-8-15-17(9-12)11-20-6-7-21(2,3)4/h8-9,13,16,18H,5-7,10-11H2,1-4H3. The van der Waals surface area contributed by atoms with Gasteiger partial charge >= 0.3 is 0 Å². The van der Waals surface area contributed by atoms with Crippen LogP contribution in [0.3, 0.4) is 0 Å². The number of rotatable bonds is 10. The number of anilines is 1. The van der Waals surface area contributed by atoms with Crippen LogP contribution in [0.4, 0.5) is 5.69 Å². The number of nitrogens with one attached hydrogen (secondary N) is 1. The van der Waals surface area contributed by atoms with Crippen LogP contribution < -0.4 is 5.32 Å². The number of aromatic nitrogens is 2. The Morgan fingerprint density at radius 2 is 2.24 bits per heavy atom. The summed E-state index contributed by atoms with van der Waals surface area (Å²) in [6, 6.07) is 0.753. The predicted molar refractivity (Wildman–Crippen MR) is 86.1 cm³/mol. The highest BCUT2D eigenvalue weighted by molar-refractivity contribution is 6.76. The molecule has 120 valence electrons. The first kappa shape index (κ1) is 17.9. The molecule has 0 spiro atoms. The second-order valence-electron chi connectivity index (χ2n) is 6.35. The van der Waals surface area contributed by atoms with Gasteiger partial charge in [0, 0.05) is 14.7 Å². The highest BCUT2D eigenvalue weighted by Gasteiger charge is 2.15. The van der Waals surface area contributed by atoms with Gasteiger partial charge in [-0.15, -0.1) is 0 Å². The van der Waals surface area contributed by atoms with E-state index in [0.717, 1.165) is 18.3 Å². The van der Waals surface area contributed by atoms with Crippen molar-refractivity contribution >= 4 is 19.5 Å². The lowest BCUT2D eigenvalue weighted by molar-refractivity contribution is -0.122. The Kier molecular flexibility index (Phi) is 7.07. The lowest BCUT2D eigenvalue weighted by Crippen LogP contribution is -2.30. The fourth-order valence-corrected chi connectivity index (χ4v) is 2.52. The number of carbonyl (C=O) groups excluding carboxylic acids is 1. The van der Waals surface area contributed by atoms with Crippen molar-refractivity contribution in [2.75, 3.05) is 18.5 Å². The van der Waals surface area contributed by atoms with Crippen molar-refractivity contribution < 1.29 is 14.6 Å². The van der Waals surface area contributed by atoms with Gasteiger partial charge in [-0.2, -0.15) is 5.10 Å². The van der Waals surface area contributed by atoms with Crippen molar-refractivity contribution in [2.24, 2.45) is 0 Å². The number of ether oxygens (including phenoxy) is 1. The van der Waals surface area contributed by atoms with Gasteiger partial charge in [0.05, 0.1) is 24.1 Å². The van der Waals surface area contributed by atoms with Crippen LogP contribution in [0.15, 0.2) is 12.4 Å². The van der Waals surface area contributed by atoms with E-state index in [1.807, 2.05) is 13.1 Å². The minimum absolute atomic E-state index is 0.211. The Hall–Kier alpha value is -1.18. The molecule has 21 heavy (non-hydrogen) atoms. The first-order valence-corrected chi connectivity index (χ1v) is 11.1. The highest BCUT2D eigenvalue weighted by Crippen LogP contribution is 2.10. The van der Waals surface area contributed by atoms with Gasteiger partial charge in [-0.1, -0.05) is 26.6 Å². The molecule has 6 nitrogen and oxygen atoms in total. The van der Waals surface area contributed by atoms with Crippen LogP contribution in [0.2, 0.25) is 25.7 Å². The first-order valence-electron chi connectivity index (χ1n) is 7.36. The molecule has 0 radical (unpaired) electrons. The molecular formula is C14H27N3O3Si. The summed E-state index contributed by atoms with van der Waals surface area (Å²) in [6.07, 6.45) is 4.09. The summed E-state index contributed by atoms with van der Waals surface area (Å²) in [5, 5.41) is 16.2. The third-order valence-electron chi connectivity index (χ3n) is 3.15. The molecule has 7 heteroatoms. The molecule has 1 aromatic heterocycles. The number of aliphatic hydroxyl groups excluding tert-OH is 1. The summed E-state index contributed by atoms with van der Waals surface area (Å²) in [6.45, 7) is 9.56. The zero-order valence-electron chi connectivity index (χ0n) is 13.4. The number of Topliss-reactive ketones (excluding diaryl/α,β-unsaturated/α-hetero) is 1. The van der Waals surface area contributed by atoms with Gasteiger partial charge in [-0.05, 0) is 12.5 Å². The molecule has 0 aliphatic carbocycles. The monoisotopic (exact) mass is 313 g/mol. The molecule has 0 saturated carbocycles. The van der Waals surface area contributed by atoms with Crippen LogP contribution in [0.1, 0.15) is 13.3 Å². The lowest BCUT2D eigenvalue weighted by atomic mass is 10.1. The summed E-state index contributed by atoms with van der Waals surface area (Å²) < 4.78 is 7.31. The zero-order chi connectivity index (χ0) is 15.9. The third-order valence-corrected chi connectivity index (χ3v) is 4.85. The van der Waals surface area contributed by atoms with Crippen molar-refractivity contribution in [3.8, 4) is 0 Å². The number of hydrogen-bond donors (Lipinski definition) is 2. The lowest BCUT2D eigenvalue weighted by Gasteiger charge is -2.15. The Bertz CT molecular complexity index is 443. The van der Waals surface area contributed by atoms with Crippen LogP contribution in [0, 0.1) is 0 Å². The molecule has 1 unspecified atom stereocenters.